The second kappa shape index (κ2) is 21.5. The summed E-state index contributed by atoms with van der Waals surface area (Å²) >= 11 is 1.60. The molecule has 1 aliphatic rings. The SMILES string of the molecule is CC.CC.CN.CO.CSN(C)c1ccc(N2C=CCCC2)cc1C=O. The van der Waals surface area contributed by atoms with Crippen molar-refractivity contribution in [3.63, 3.8) is 0 Å². The summed E-state index contributed by atoms with van der Waals surface area (Å²) in [5.41, 5.74) is 7.29. The standard InChI is InChI=1S/C14H18N2OS.2C2H6.CH5N.CH4O/c1-15(18-2)14-7-6-13(10-12(14)11-17)16-8-4-3-5-9-16;4*1-2/h4,6-8,10-11H,3,5,9H2,1-2H3;2*1-2H3;2H2,1H3;2H,1H3. The summed E-state index contributed by atoms with van der Waals surface area (Å²) in [5, 5.41) is 7.00. The molecule has 1 aliphatic heterocycles. The van der Waals surface area contributed by atoms with E-state index in [-0.39, 0.29) is 0 Å². The second-order valence-corrected chi connectivity index (χ2v) is 5.17. The molecular formula is C20H39N3O2S. The van der Waals surface area contributed by atoms with Gasteiger partial charge in [-0.1, -0.05) is 45.7 Å². The molecule has 5 nitrogen and oxygen atoms in total. The van der Waals surface area contributed by atoms with Crippen LogP contribution >= 0.6 is 11.9 Å². The molecule has 0 aliphatic carbocycles. The van der Waals surface area contributed by atoms with Gasteiger partial charge in [-0.2, -0.15) is 0 Å². The van der Waals surface area contributed by atoms with E-state index >= 15 is 0 Å². The number of aliphatic hydroxyl groups excluding tert-OH is 1. The zero-order valence-electron chi connectivity index (χ0n) is 17.8. The van der Waals surface area contributed by atoms with Gasteiger partial charge in [-0.15, -0.1) is 0 Å². The summed E-state index contributed by atoms with van der Waals surface area (Å²) < 4.78 is 2.00. The van der Waals surface area contributed by atoms with Crippen LogP contribution in [0.1, 0.15) is 50.9 Å². The van der Waals surface area contributed by atoms with Crippen molar-refractivity contribution in [1.29, 1.82) is 0 Å². The van der Waals surface area contributed by atoms with E-state index in [2.05, 4.69) is 29.0 Å². The van der Waals surface area contributed by atoms with Gasteiger partial charge in [0.2, 0.25) is 0 Å². The summed E-state index contributed by atoms with van der Waals surface area (Å²) in [6.45, 7) is 9.02. The van der Waals surface area contributed by atoms with Crippen molar-refractivity contribution in [3.05, 3.63) is 36.0 Å². The van der Waals surface area contributed by atoms with Crippen molar-refractivity contribution >= 4 is 29.6 Å². The van der Waals surface area contributed by atoms with Gasteiger partial charge in [0.15, 0.2) is 6.29 Å². The maximum atomic E-state index is 11.2. The fourth-order valence-electron chi connectivity index (χ4n) is 2.07. The van der Waals surface area contributed by atoms with Gasteiger partial charge < -0.3 is 20.0 Å². The monoisotopic (exact) mass is 385 g/mol. The molecule has 0 radical (unpaired) electrons. The molecule has 0 unspecified atom stereocenters. The Morgan fingerprint density at radius 2 is 1.77 bits per heavy atom. The number of carbonyl (C=O) groups is 1. The molecule has 152 valence electrons. The van der Waals surface area contributed by atoms with Crippen LogP contribution in [0.2, 0.25) is 0 Å². The highest BCUT2D eigenvalue weighted by atomic mass is 32.2. The number of aliphatic hydroxyl groups is 1. The van der Waals surface area contributed by atoms with Crippen LogP contribution in [0.3, 0.4) is 0 Å². The molecule has 0 aromatic heterocycles. The quantitative estimate of drug-likeness (QED) is 0.585. The summed E-state index contributed by atoms with van der Waals surface area (Å²) in [4.78, 5) is 13.4. The zero-order valence-corrected chi connectivity index (χ0v) is 18.6. The van der Waals surface area contributed by atoms with Gasteiger partial charge in [0.25, 0.3) is 0 Å². The van der Waals surface area contributed by atoms with Crippen LogP contribution in [0.25, 0.3) is 0 Å². The molecule has 26 heavy (non-hydrogen) atoms. The number of rotatable bonds is 4. The first-order chi connectivity index (χ1) is 12.8. The number of hydrogen-bond acceptors (Lipinski definition) is 6. The number of nitrogens with two attached hydrogens (primary N) is 1. The third-order valence-corrected chi connectivity index (χ3v) is 3.88. The van der Waals surface area contributed by atoms with Crippen molar-refractivity contribution in [2.45, 2.75) is 40.5 Å². The highest BCUT2D eigenvalue weighted by Crippen LogP contribution is 2.28. The van der Waals surface area contributed by atoms with Crippen LogP contribution < -0.4 is 14.9 Å². The van der Waals surface area contributed by atoms with Crippen molar-refractivity contribution in [2.75, 3.05) is 43.2 Å². The molecule has 6 heteroatoms. The normalized spacial score (nSPS) is 11.1. The molecule has 0 saturated carbocycles. The predicted octanol–water partition coefficient (Wildman–Crippen LogP) is 4.56. The van der Waals surface area contributed by atoms with Crippen LogP contribution in [0.5, 0.6) is 0 Å². The van der Waals surface area contributed by atoms with Gasteiger partial charge in [-0.05, 0) is 38.1 Å². The maximum Gasteiger partial charge on any atom is 0.152 e. The average molecular weight is 386 g/mol. The lowest BCUT2D eigenvalue weighted by molar-refractivity contribution is 0.112. The Morgan fingerprint density at radius 1 is 1.19 bits per heavy atom. The minimum absolute atomic E-state index is 0.739. The second-order valence-electron chi connectivity index (χ2n) is 4.26. The minimum atomic E-state index is 0.739. The third kappa shape index (κ3) is 10.5. The first-order valence-electron chi connectivity index (χ1n) is 9.09. The molecule has 2 rings (SSSR count). The van der Waals surface area contributed by atoms with Crippen LogP contribution in [0.15, 0.2) is 30.5 Å². The highest BCUT2D eigenvalue weighted by molar-refractivity contribution is 7.99. The van der Waals surface area contributed by atoms with Gasteiger partial charge in [0.1, 0.15) is 0 Å². The summed E-state index contributed by atoms with van der Waals surface area (Å²) in [6, 6.07) is 6.05. The Labute approximate surface area is 165 Å². The number of nitrogens with zero attached hydrogens (tertiary/aromatic N) is 2. The van der Waals surface area contributed by atoms with Gasteiger partial charge >= 0.3 is 0 Å². The van der Waals surface area contributed by atoms with Crippen molar-refractivity contribution in [1.82, 2.24) is 0 Å². The molecule has 1 aromatic rings. The largest absolute Gasteiger partial charge is 0.400 e. The van der Waals surface area contributed by atoms with Gasteiger partial charge in [0, 0.05) is 44.4 Å². The first-order valence-corrected chi connectivity index (χ1v) is 10.3. The molecule has 3 N–H and O–H groups in total. The Kier molecular flexibility index (Phi) is 24.3. The number of hydrogen-bond donors (Lipinski definition) is 2. The molecule has 0 fully saturated rings. The van der Waals surface area contributed by atoms with E-state index in [9.17, 15) is 4.79 Å². The van der Waals surface area contributed by atoms with Gasteiger partial charge in [0.05, 0.1) is 5.69 Å². The number of aldehydes is 1. The van der Waals surface area contributed by atoms with Crippen LogP contribution in [-0.4, -0.2) is 45.4 Å². The number of benzene rings is 1. The van der Waals surface area contributed by atoms with Crippen LogP contribution in [0, 0.1) is 0 Å². The number of carbonyl (C=O) groups excluding carboxylic acids is 1. The third-order valence-electron chi connectivity index (χ3n) is 3.14. The van der Waals surface area contributed by atoms with E-state index in [4.69, 9.17) is 5.11 Å². The van der Waals surface area contributed by atoms with Crippen LogP contribution in [0.4, 0.5) is 11.4 Å². The highest BCUT2D eigenvalue weighted by Gasteiger charge is 2.11. The van der Waals surface area contributed by atoms with E-state index in [0.717, 1.165) is 43.3 Å². The Hall–Kier alpha value is -1.50. The zero-order chi connectivity index (χ0) is 21.0. The summed E-state index contributed by atoms with van der Waals surface area (Å²) in [5.74, 6) is 0. The number of anilines is 2. The van der Waals surface area contributed by atoms with E-state index in [0.29, 0.717) is 0 Å². The molecular weight excluding hydrogens is 346 g/mol. The van der Waals surface area contributed by atoms with E-state index < -0.39 is 0 Å². The Bertz CT molecular complexity index is 468. The van der Waals surface area contributed by atoms with E-state index in [1.807, 2.05) is 57.4 Å². The lowest BCUT2D eigenvalue weighted by atomic mass is 10.1. The first kappa shape index (κ1) is 29.3. The number of allylic oxidation sites excluding steroid dienone is 1. The molecule has 1 aromatic carbocycles. The Morgan fingerprint density at radius 3 is 2.19 bits per heavy atom. The molecule has 0 saturated heterocycles. The molecule has 0 atom stereocenters. The maximum absolute atomic E-state index is 11.2. The van der Waals surface area contributed by atoms with Crippen molar-refractivity contribution in [2.24, 2.45) is 5.73 Å². The van der Waals surface area contributed by atoms with Crippen molar-refractivity contribution in [3.8, 4) is 0 Å². The molecule has 0 amide bonds. The lowest BCUT2D eigenvalue weighted by Crippen LogP contribution is -2.20. The summed E-state index contributed by atoms with van der Waals surface area (Å²) in [6.07, 6.45) is 9.51. The molecule has 0 bridgehead atoms. The fourth-order valence-corrected chi connectivity index (χ4v) is 2.43. The van der Waals surface area contributed by atoms with Crippen molar-refractivity contribution < 1.29 is 9.90 Å². The molecule has 1 heterocycles. The molecule has 0 spiro atoms. The predicted molar refractivity (Wildman–Crippen MR) is 120 cm³/mol. The van der Waals surface area contributed by atoms with E-state index in [1.54, 1.807) is 11.9 Å². The Balaban J connectivity index is -0.000000585. The van der Waals surface area contributed by atoms with E-state index in [1.165, 1.54) is 13.5 Å². The minimum Gasteiger partial charge on any atom is -0.400 e. The fraction of sp³-hybridized carbons (Fsp3) is 0.550. The van der Waals surface area contributed by atoms with Gasteiger partial charge in [-0.25, -0.2) is 0 Å². The smallest absolute Gasteiger partial charge is 0.152 e. The van der Waals surface area contributed by atoms with Gasteiger partial charge in [-0.3, -0.25) is 4.79 Å². The summed E-state index contributed by atoms with van der Waals surface area (Å²) in [7, 11) is 4.47. The van der Waals surface area contributed by atoms with Crippen LogP contribution in [-0.2, 0) is 0 Å². The topological polar surface area (TPSA) is 69.8 Å². The lowest BCUT2D eigenvalue weighted by Gasteiger charge is -2.25. The average Bonchev–Trinajstić information content (AvgIpc) is 2.78.